The zero-order valence-corrected chi connectivity index (χ0v) is 20.4. The molecule has 35 heavy (non-hydrogen) atoms. The number of ether oxygens (including phenoxy) is 2. The van der Waals surface area contributed by atoms with E-state index in [0.29, 0.717) is 12.0 Å². The number of methoxy groups -OCH3 is 1. The van der Waals surface area contributed by atoms with Crippen molar-refractivity contribution in [2.24, 2.45) is 0 Å². The molecule has 6 nitrogen and oxygen atoms in total. The third-order valence-corrected chi connectivity index (χ3v) is 5.30. The fourth-order valence-corrected chi connectivity index (χ4v) is 3.51. The molecule has 0 aliphatic carbocycles. The van der Waals surface area contributed by atoms with E-state index in [1.165, 1.54) is 19.2 Å². The number of alkyl halides is 3. The molecule has 0 aromatic heterocycles. The number of rotatable bonds is 8. The molecule has 190 valence electrons. The van der Waals surface area contributed by atoms with Crippen molar-refractivity contribution in [2.75, 3.05) is 7.11 Å². The van der Waals surface area contributed by atoms with Gasteiger partial charge < -0.3 is 14.8 Å². The fourth-order valence-electron chi connectivity index (χ4n) is 3.51. The van der Waals surface area contributed by atoms with Gasteiger partial charge in [0, 0.05) is 6.42 Å². The Kier molecular flexibility index (Phi) is 9.06. The van der Waals surface area contributed by atoms with Gasteiger partial charge in [0.25, 0.3) is 0 Å². The predicted molar refractivity (Wildman–Crippen MR) is 124 cm³/mol. The van der Waals surface area contributed by atoms with Gasteiger partial charge in [-0.2, -0.15) is 13.2 Å². The van der Waals surface area contributed by atoms with Gasteiger partial charge >= 0.3 is 18.2 Å². The van der Waals surface area contributed by atoms with Crippen molar-refractivity contribution in [2.45, 2.75) is 64.3 Å². The molecule has 2 aromatic rings. The molecule has 0 aliphatic heterocycles. The second-order valence-electron chi connectivity index (χ2n) is 9.09. The minimum atomic E-state index is -4.53. The van der Waals surface area contributed by atoms with Crippen molar-refractivity contribution in [1.29, 1.82) is 0 Å². The summed E-state index contributed by atoms with van der Waals surface area (Å²) in [5, 5.41) is 2.51. The number of benzene rings is 2. The lowest BCUT2D eigenvalue weighted by Gasteiger charge is -2.25. The Morgan fingerprint density at radius 2 is 1.46 bits per heavy atom. The Hall–Kier alpha value is -3.36. The molecule has 0 saturated heterocycles. The highest BCUT2D eigenvalue weighted by atomic mass is 19.4. The van der Waals surface area contributed by atoms with Gasteiger partial charge in [-0.3, -0.25) is 4.79 Å². The number of carbonyl (C=O) groups excluding carboxylic acids is 3. The number of carbonyl (C=O) groups is 3. The summed E-state index contributed by atoms with van der Waals surface area (Å²) >= 11 is 0. The van der Waals surface area contributed by atoms with Gasteiger partial charge in [0.05, 0.1) is 18.2 Å². The van der Waals surface area contributed by atoms with Crippen molar-refractivity contribution in [1.82, 2.24) is 5.32 Å². The van der Waals surface area contributed by atoms with Gasteiger partial charge in [-0.05, 0) is 68.5 Å². The molecule has 1 N–H and O–H groups in total. The van der Waals surface area contributed by atoms with Gasteiger partial charge in [-0.25, -0.2) is 9.59 Å². The van der Waals surface area contributed by atoms with Crippen LogP contribution >= 0.6 is 0 Å². The number of Topliss-reactive ketones (excluding diaryl/α,β-unsaturated/α-hetero) is 1. The highest BCUT2D eigenvalue weighted by molar-refractivity contribution is 5.90. The lowest BCUT2D eigenvalue weighted by Crippen LogP contribution is -2.38. The zero-order chi connectivity index (χ0) is 26.4. The monoisotopic (exact) mass is 493 g/mol. The molecule has 1 amide bonds. The Morgan fingerprint density at radius 1 is 0.914 bits per heavy atom. The predicted octanol–water partition coefficient (Wildman–Crippen LogP) is 6.21. The van der Waals surface area contributed by atoms with Crippen molar-refractivity contribution in [3.63, 3.8) is 0 Å². The fraction of sp³-hybridized carbons (Fsp3) is 0.423. The maximum atomic E-state index is 13.3. The van der Waals surface area contributed by atoms with Gasteiger partial charge in [0.1, 0.15) is 11.6 Å². The van der Waals surface area contributed by atoms with Crippen LogP contribution in [0.4, 0.5) is 18.0 Å². The number of ketones is 1. The molecule has 1 unspecified atom stereocenters. The number of hydrogen-bond acceptors (Lipinski definition) is 5. The van der Waals surface area contributed by atoms with E-state index >= 15 is 0 Å². The number of hydrogen-bond donors (Lipinski definition) is 1. The first-order valence-corrected chi connectivity index (χ1v) is 11.1. The molecule has 2 atom stereocenters. The molecule has 0 heterocycles. The van der Waals surface area contributed by atoms with Gasteiger partial charge in [-0.15, -0.1) is 0 Å². The van der Waals surface area contributed by atoms with Crippen LogP contribution in [0.1, 0.15) is 79.5 Å². The minimum absolute atomic E-state index is 0.00948. The van der Waals surface area contributed by atoms with Crippen LogP contribution in [0, 0.1) is 0 Å². The van der Waals surface area contributed by atoms with Crippen molar-refractivity contribution < 1.29 is 37.0 Å². The molecule has 2 rings (SSSR count). The Labute approximate surface area is 202 Å². The van der Waals surface area contributed by atoms with Gasteiger partial charge in [-0.1, -0.05) is 31.2 Å². The van der Waals surface area contributed by atoms with Crippen LogP contribution in [0.3, 0.4) is 0 Å². The number of esters is 1. The van der Waals surface area contributed by atoms with E-state index in [9.17, 15) is 27.6 Å². The molecule has 0 fully saturated rings. The SMILES string of the molecule is CC[C@@H](CC(=O)C(NC(=O)OC(C)(C)C)c1ccc(C(F)(F)F)cc1)c1ccc(C(=O)OC)cc1. The number of amides is 1. The Bertz CT molecular complexity index is 1020. The van der Waals surface area contributed by atoms with Crippen LogP contribution in [0.15, 0.2) is 48.5 Å². The normalized spacial score (nSPS) is 13.5. The third-order valence-electron chi connectivity index (χ3n) is 5.30. The average Bonchev–Trinajstić information content (AvgIpc) is 2.79. The number of nitrogens with one attached hydrogen (secondary N) is 1. The molecule has 0 spiro atoms. The molecule has 2 aromatic carbocycles. The first-order valence-electron chi connectivity index (χ1n) is 11.1. The summed E-state index contributed by atoms with van der Waals surface area (Å²) in [5.41, 5.74) is -0.305. The van der Waals surface area contributed by atoms with E-state index in [2.05, 4.69) is 5.32 Å². The number of halogens is 3. The van der Waals surface area contributed by atoms with Gasteiger partial charge in [0.2, 0.25) is 0 Å². The number of alkyl carbamates (subject to hydrolysis) is 1. The van der Waals surface area contributed by atoms with E-state index in [1.807, 2.05) is 6.92 Å². The first kappa shape index (κ1) is 27.9. The van der Waals surface area contributed by atoms with Gasteiger partial charge in [0.15, 0.2) is 5.78 Å². The molecular formula is C26H30F3NO5. The summed E-state index contributed by atoms with van der Waals surface area (Å²) in [7, 11) is 1.28. The van der Waals surface area contributed by atoms with E-state index in [0.717, 1.165) is 17.7 Å². The zero-order valence-electron chi connectivity index (χ0n) is 20.4. The Morgan fingerprint density at radius 3 is 1.91 bits per heavy atom. The van der Waals surface area contributed by atoms with Crippen LogP contribution in [0.5, 0.6) is 0 Å². The smallest absolute Gasteiger partial charge is 0.416 e. The first-order chi connectivity index (χ1) is 16.2. The van der Waals surface area contributed by atoms with E-state index in [4.69, 9.17) is 9.47 Å². The largest absolute Gasteiger partial charge is 0.465 e. The van der Waals surface area contributed by atoms with Crippen LogP contribution in [0.2, 0.25) is 0 Å². The molecule has 0 bridgehead atoms. The maximum Gasteiger partial charge on any atom is 0.416 e. The van der Waals surface area contributed by atoms with E-state index in [-0.39, 0.29) is 23.7 Å². The highest BCUT2D eigenvalue weighted by Crippen LogP contribution is 2.32. The maximum absolute atomic E-state index is 13.3. The highest BCUT2D eigenvalue weighted by Gasteiger charge is 2.32. The summed E-state index contributed by atoms with van der Waals surface area (Å²) in [5.74, 6) is -1.12. The van der Waals surface area contributed by atoms with E-state index in [1.54, 1.807) is 45.0 Å². The Balaban J connectivity index is 2.30. The standard InChI is InChI=1S/C26H30F3NO5/c1-6-16(17-7-9-19(10-8-17)23(32)34-5)15-21(31)22(30-24(33)35-25(2,3)4)18-11-13-20(14-12-18)26(27,28)29/h7-14,16,22H,6,15H2,1-5H3,(H,30,33)/t16-,22?/m0/s1. The quantitative estimate of drug-likeness (QED) is 0.442. The van der Waals surface area contributed by atoms with Crippen molar-refractivity contribution in [3.05, 3.63) is 70.8 Å². The van der Waals surface area contributed by atoms with Crippen LogP contribution in [-0.2, 0) is 20.4 Å². The minimum Gasteiger partial charge on any atom is -0.465 e. The summed E-state index contributed by atoms with van der Waals surface area (Å²) in [6.45, 7) is 6.87. The van der Waals surface area contributed by atoms with Crippen LogP contribution < -0.4 is 5.32 Å². The molecule has 0 aliphatic rings. The second kappa shape index (κ2) is 11.4. The summed E-state index contributed by atoms with van der Waals surface area (Å²) in [6, 6.07) is 9.54. The lowest BCUT2D eigenvalue weighted by atomic mass is 9.87. The summed E-state index contributed by atoms with van der Waals surface area (Å²) in [6.07, 6.45) is -4.79. The van der Waals surface area contributed by atoms with Crippen molar-refractivity contribution in [3.8, 4) is 0 Å². The lowest BCUT2D eigenvalue weighted by molar-refractivity contribution is -0.137. The molecule has 0 radical (unpaired) electrons. The summed E-state index contributed by atoms with van der Waals surface area (Å²) in [4.78, 5) is 37.4. The topological polar surface area (TPSA) is 81.7 Å². The second-order valence-corrected chi connectivity index (χ2v) is 9.09. The van der Waals surface area contributed by atoms with Crippen molar-refractivity contribution >= 4 is 17.8 Å². The summed E-state index contributed by atoms with van der Waals surface area (Å²) < 4.78 is 48.9. The third kappa shape index (κ3) is 8.12. The van der Waals surface area contributed by atoms with E-state index < -0.39 is 35.4 Å². The van der Waals surface area contributed by atoms with Crippen LogP contribution in [0.25, 0.3) is 0 Å². The average molecular weight is 494 g/mol. The molecular weight excluding hydrogens is 463 g/mol. The molecule has 9 heteroatoms. The van der Waals surface area contributed by atoms with Crippen LogP contribution in [-0.4, -0.2) is 30.6 Å². The molecule has 0 saturated carbocycles.